The van der Waals surface area contributed by atoms with Gasteiger partial charge in [-0.05, 0) is 25.0 Å². The molecule has 0 N–H and O–H groups in total. The van der Waals surface area contributed by atoms with Crippen molar-refractivity contribution in [3.05, 3.63) is 71.8 Å². The molecule has 2 aromatic carbocycles. The number of carbonyl (C=O) groups is 1. The average Bonchev–Trinajstić information content (AvgIpc) is 2.92. The van der Waals surface area contributed by atoms with Crippen LogP contribution in [0.25, 0.3) is 0 Å². The van der Waals surface area contributed by atoms with Gasteiger partial charge in [-0.15, -0.1) is 0 Å². The Hall–Kier alpha value is -2.13. The number of benzene rings is 2. The molecule has 3 atom stereocenters. The molecule has 3 rings (SSSR count). The van der Waals surface area contributed by atoms with Crippen molar-refractivity contribution < 1.29 is 9.53 Å². The van der Waals surface area contributed by atoms with E-state index in [-0.39, 0.29) is 24.2 Å². The third kappa shape index (κ3) is 3.62. The molecular weight excluding hydrogens is 286 g/mol. The van der Waals surface area contributed by atoms with E-state index in [9.17, 15) is 4.79 Å². The van der Waals surface area contributed by atoms with E-state index < -0.39 is 0 Å². The summed E-state index contributed by atoms with van der Waals surface area (Å²) in [6.07, 6.45) is 0.392. The Morgan fingerprint density at radius 3 is 2.26 bits per heavy atom. The zero-order valence-electron chi connectivity index (χ0n) is 13.7. The molecular formula is C20H23NO2. The minimum Gasteiger partial charge on any atom is -0.461 e. The van der Waals surface area contributed by atoms with Crippen LogP contribution in [0.15, 0.2) is 60.7 Å². The van der Waals surface area contributed by atoms with Gasteiger partial charge in [-0.3, -0.25) is 9.69 Å². The standard InChI is InChI=1S/C20H23NO2/c1-15(18-11-7-4-8-12-18)21(14-17-9-5-3-6-10-17)19-13-20(22)23-16(19)2/h3-12,15-16,19H,13-14H2,1-2H3/t15-,16-,19-/m0/s1. The van der Waals surface area contributed by atoms with Gasteiger partial charge in [-0.1, -0.05) is 60.7 Å². The molecule has 0 bridgehead atoms. The van der Waals surface area contributed by atoms with Gasteiger partial charge in [-0.2, -0.15) is 0 Å². The van der Waals surface area contributed by atoms with Crippen LogP contribution in [0.4, 0.5) is 0 Å². The topological polar surface area (TPSA) is 29.5 Å². The predicted molar refractivity (Wildman–Crippen MR) is 90.8 cm³/mol. The molecule has 1 heterocycles. The van der Waals surface area contributed by atoms with Crippen molar-refractivity contribution >= 4 is 5.97 Å². The molecule has 1 aliphatic rings. The molecule has 3 heteroatoms. The highest BCUT2D eigenvalue weighted by atomic mass is 16.6. The van der Waals surface area contributed by atoms with E-state index in [0.717, 1.165) is 6.54 Å². The molecule has 0 unspecified atom stereocenters. The summed E-state index contributed by atoms with van der Waals surface area (Å²) in [5.74, 6) is -0.0965. The van der Waals surface area contributed by atoms with Crippen molar-refractivity contribution in [2.24, 2.45) is 0 Å². The first-order chi connectivity index (χ1) is 11.1. The quantitative estimate of drug-likeness (QED) is 0.783. The Kier molecular flexibility index (Phi) is 4.77. The van der Waals surface area contributed by atoms with Gasteiger partial charge in [0.15, 0.2) is 0 Å². The molecule has 1 saturated heterocycles. The Balaban J connectivity index is 1.88. The van der Waals surface area contributed by atoms with E-state index >= 15 is 0 Å². The second kappa shape index (κ2) is 6.97. The van der Waals surface area contributed by atoms with Crippen LogP contribution in [-0.2, 0) is 16.1 Å². The van der Waals surface area contributed by atoms with Crippen molar-refractivity contribution in [3.8, 4) is 0 Å². The SMILES string of the molecule is C[C@@H]1OC(=O)C[C@@H]1N(Cc1ccccc1)[C@@H](C)c1ccccc1. The number of hydrogen-bond donors (Lipinski definition) is 0. The molecule has 1 fully saturated rings. The van der Waals surface area contributed by atoms with Crippen molar-refractivity contribution in [2.45, 2.75) is 45.0 Å². The van der Waals surface area contributed by atoms with E-state index in [0.29, 0.717) is 6.42 Å². The summed E-state index contributed by atoms with van der Waals surface area (Å²) in [6.45, 7) is 5.00. The Morgan fingerprint density at radius 2 is 1.70 bits per heavy atom. The van der Waals surface area contributed by atoms with E-state index in [1.807, 2.05) is 19.1 Å². The molecule has 3 nitrogen and oxygen atoms in total. The van der Waals surface area contributed by atoms with E-state index in [2.05, 4.69) is 60.4 Å². The van der Waals surface area contributed by atoms with Crippen LogP contribution in [0.2, 0.25) is 0 Å². The monoisotopic (exact) mass is 309 g/mol. The number of ether oxygens (including phenoxy) is 1. The number of rotatable bonds is 5. The van der Waals surface area contributed by atoms with Gasteiger partial charge < -0.3 is 4.74 Å². The normalized spacial score (nSPS) is 22.1. The molecule has 0 aromatic heterocycles. The summed E-state index contributed by atoms with van der Waals surface area (Å²) >= 11 is 0. The number of hydrogen-bond acceptors (Lipinski definition) is 3. The minimum absolute atomic E-state index is 0.0719. The van der Waals surface area contributed by atoms with Crippen molar-refractivity contribution in [1.82, 2.24) is 4.90 Å². The maximum atomic E-state index is 11.7. The first-order valence-electron chi connectivity index (χ1n) is 8.19. The van der Waals surface area contributed by atoms with E-state index in [4.69, 9.17) is 4.74 Å². The summed E-state index contributed by atoms with van der Waals surface area (Å²) < 4.78 is 5.40. The number of nitrogens with zero attached hydrogens (tertiary/aromatic N) is 1. The minimum atomic E-state index is -0.0965. The van der Waals surface area contributed by atoms with Crippen molar-refractivity contribution in [3.63, 3.8) is 0 Å². The molecule has 23 heavy (non-hydrogen) atoms. The highest BCUT2D eigenvalue weighted by Gasteiger charge is 2.38. The average molecular weight is 309 g/mol. The summed E-state index contributed by atoms with van der Waals surface area (Å²) in [5.41, 5.74) is 2.51. The Morgan fingerprint density at radius 1 is 1.09 bits per heavy atom. The molecule has 0 radical (unpaired) electrons. The lowest BCUT2D eigenvalue weighted by Gasteiger charge is -2.35. The maximum Gasteiger partial charge on any atom is 0.307 e. The van der Waals surface area contributed by atoms with Crippen LogP contribution < -0.4 is 0 Å². The van der Waals surface area contributed by atoms with Crippen LogP contribution in [0.5, 0.6) is 0 Å². The van der Waals surface area contributed by atoms with Crippen LogP contribution in [0.3, 0.4) is 0 Å². The highest BCUT2D eigenvalue weighted by Crippen LogP contribution is 2.31. The first kappa shape index (κ1) is 15.8. The van der Waals surface area contributed by atoms with Crippen LogP contribution in [0.1, 0.15) is 37.4 Å². The maximum absolute atomic E-state index is 11.7. The highest BCUT2D eigenvalue weighted by molar-refractivity contribution is 5.72. The molecule has 0 spiro atoms. The fraction of sp³-hybridized carbons (Fsp3) is 0.350. The number of carbonyl (C=O) groups excluding carboxylic acids is 1. The van der Waals surface area contributed by atoms with Gasteiger partial charge in [0.25, 0.3) is 0 Å². The zero-order valence-corrected chi connectivity index (χ0v) is 13.7. The molecule has 0 amide bonds. The predicted octanol–water partition coefficient (Wildman–Crippen LogP) is 3.95. The van der Waals surface area contributed by atoms with Gasteiger partial charge in [0, 0.05) is 12.6 Å². The summed E-state index contributed by atoms with van der Waals surface area (Å²) in [5, 5.41) is 0. The van der Waals surface area contributed by atoms with Crippen LogP contribution in [0, 0.1) is 0 Å². The van der Waals surface area contributed by atoms with Crippen molar-refractivity contribution in [1.29, 1.82) is 0 Å². The second-order valence-corrected chi connectivity index (χ2v) is 6.21. The molecule has 2 aromatic rings. The van der Waals surface area contributed by atoms with Gasteiger partial charge in [0.2, 0.25) is 0 Å². The molecule has 120 valence electrons. The third-order valence-corrected chi connectivity index (χ3v) is 4.65. The number of cyclic esters (lactones) is 1. The summed E-state index contributed by atoms with van der Waals surface area (Å²) in [4.78, 5) is 14.1. The van der Waals surface area contributed by atoms with Crippen LogP contribution in [-0.4, -0.2) is 23.0 Å². The number of esters is 1. The third-order valence-electron chi connectivity index (χ3n) is 4.65. The lowest BCUT2D eigenvalue weighted by molar-refractivity contribution is -0.140. The first-order valence-corrected chi connectivity index (χ1v) is 8.19. The lowest BCUT2D eigenvalue weighted by atomic mass is 10.0. The fourth-order valence-electron chi connectivity index (χ4n) is 3.32. The van der Waals surface area contributed by atoms with E-state index in [1.165, 1.54) is 11.1 Å². The van der Waals surface area contributed by atoms with Crippen molar-refractivity contribution in [2.75, 3.05) is 0 Å². The molecule has 1 aliphatic heterocycles. The Bertz CT molecular complexity index is 641. The van der Waals surface area contributed by atoms with Gasteiger partial charge >= 0.3 is 5.97 Å². The fourth-order valence-corrected chi connectivity index (χ4v) is 3.32. The Labute approximate surface area is 137 Å². The molecule has 0 aliphatic carbocycles. The largest absolute Gasteiger partial charge is 0.461 e. The summed E-state index contributed by atoms with van der Waals surface area (Å²) in [7, 11) is 0. The zero-order chi connectivity index (χ0) is 16.2. The lowest BCUT2D eigenvalue weighted by Crippen LogP contribution is -2.41. The van der Waals surface area contributed by atoms with E-state index in [1.54, 1.807) is 0 Å². The van der Waals surface area contributed by atoms with Gasteiger partial charge in [-0.25, -0.2) is 0 Å². The second-order valence-electron chi connectivity index (χ2n) is 6.21. The van der Waals surface area contributed by atoms with Gasteiger partial charge in [0.1, 0.15) is 6.10 Å². The smallest absolute Gasteiger partial charge is 0.307 e. The van der Waals surface area contributed by atoms with Crippen LogP contribution >= 0.6 is 0 Å². The summed E-state index contributed by atoms with van der Waals surface area (Å²) in [6, 6.07) is 21.2. The molecule has 0 saturated carbocycles. The van der Waals surface area contributed by atoms with Gasteiger partial charge in [0.05, 0.1) is 12.5 Å².